The highest BCUT2D eigenvalue weighted by atomic mass is 16.5. The molecular weight excluding hydrogens is 408 g/mol. The lowest BCUT2D eigenvalue weighted by molar-refractivity contribution is -0.121. The van der Waals surface area contributed by atoms with Gasteiger partial charge in [-0.15, -0.1) is 0 Å². The molecule has 0 aliphatic rings. The minimum atomic E-state index is -0.181. The summed E-state index contributed by atoms with van der Waals surface area (Å²) in [7, 11) is 0. The third-order valence-electron chi connectivity index (χ3n) is 5.35. The topological polar surface area (TPSA) is 90.8 Å². The molecule has 0 aliphatic carbocycles. The second-order valence-electron chi connectivity index (χ2n) is 7.71. The maximum Gasteiger partial charge on any atom is 0.291 e. The number of hydrogen-bond donors (Lipinski definition) is 1. The van der Waals surface area contributed by atoms with Crippen LogP contribution in [0.3, 0.4) is 0 Å². The third-order valence-corrected chi connectivity index (χ3v) is 5.35. The molecule has 4 rings (SSSR count). The zero-order chi connectivity index (χ0) is 22.5. The van der Waals surface area contributed by atoms with Gasteiger partial charge in [0.25, 0.3) is 5.56 Å². The van der Waals surface area contributed by atoms with Crippen molar-refractivity contribution in [2.24, 2.45) is 0 Å². The maximum absolute atomic E-state index is 12.9. The van der Waals surface area contributed by atoms with Gasteiger partial charge in [-0.3, -0.25) is 14.0 Å². The Balaban J connectivity index is 1.33. The number of hydrogen-bond acceptors (Lipinski definition) is 5. The van der Waals surface area contributed by atoms with E-state index in [1.807, 2.05) is 41.7 Å². The Labute approximate surface area is 185 Å². The van der Waals surface area contributed by atoms with E-state index >= 15 is 0 Å². The molecule has 168 valence electrons. The van der Waals surface area contributed by atoms with Gasteiger partial charge in [0.15, 0.2) is 5.58 Å². The number of carbonyl (C=O) groups is 1. The van der Waals surface area contributed by atoms with Crippen LogP contribution >= 0.6 is 0 Å². The molecule has 0 fully saturated rings. The van der Waals surface area contributed by atoms with Crippen LogP contribution < -0.4 is 15.6 Å². The third kappa shape index (κ3) is 4.54. The van der Waals surface area contributed by atoms with Crippen LogP contribution in [0, 0.1) is 0 Å². The van der Waals surface area contributed by atoms with Gasteiger partial charge in [-0.2, -0.15) is 5.10 Å². The van der Waals surface area contributed by atoms with Crippen molar-refractivity contribution in [1.29, 1.82) is 0 Å². The molecule has 4 aromatic rings. The fourth-order valence-electron chi connectivity index (χ4n) is 3.70. The number of nitrogens with one attached hydrogen (secondary N) is 1. The number of fused-ring (bicyclic) bond motifs is 3. The molecule has 0 aliphatic heterocycles. The highest BCUT2D eigenvalue weighted by molar-refractivity contribution is 5.82. The van der Waals surface area contributed by atoms with Crippen LogP contribution in [0.4, 0.5) is 0 Å². The van der Waals surface area contributed by atoms with Crippen molar-refractivity contribution in [2.45, 2.75) is 52.6 Å². The summed E-state index contributed by atoms with van der Waals surface area (Å²) in [5.41, 5.74) is 2.88. The van der Waals surface area contributed by atoms with Crippen molar-refractivity contribution in [3.05, 3.63) is 64.4 Å². The van der Waals surface area contributed by atoms with Gasteiger partial charge in [0.1, 0.15) is 17.1 Å². The first kappa shape index (κ1) is 21.7. The highest BCUT2D eigenvalue weighted by Gasteiger charge is 2.15. The predicted octanol–water partition coefficient (Wildman–Crippen LogP) is 3.69. The minimum Gasteiger partial charge on any atom is -0.494 e. The van der Waals surface area contributed by atoms with Crippen molar-refractivity contribution in [1.82, 2.24) is 19.5 Å². The van der Waals surface area contributed by atoms with Crippen LogP contribution in [0.1, 0.15) is 44.5 Å². The van der Waals surface area contributed by atoms with Crippen LogP contribution in [0.15, 0.2) is 51.9 Å². The summed E-state index contributed by atoms with van der Waals surface area (Å²) in [4.78, 5) is 25.1. The molecule has 1 amide bonds. The molecule has 3 aromatic heterocycles. The Morgan fingerprint density at radius 3 is 2.72 bits per heavy atom. The number of aryl methyl sites for hydroxylation is 2. The second-order valence-corrected chi connectivity index (χ2v) is 7.71. The lowest BCUT2D eigenvalue weighted by Crippen LogP contribution is -2.28. The second kappa shape index (κ2) is 9.72. The fraction of sp³-hybridized carbons (Fsp3) is 0.375. The van der Waals surface area contributed by atoms with E-state index in [0.717, 1.165) is 29.1 Å². The molecule has 1 aromatic carbocycles. The zero-order valence-corrected chi connectivity index (χ0v) is 18.5. The number of amides is 1. The van der Waals surface area contributed by atoms with Crippen LogP contribution in [-0.4, -0.2) is 26.7 Å². The van der Waals surface area contributed by atoms with Gasteiger partial charge in [0, 0.05) is 38.1 Å². The van der Waals surface area contributed by atoms with Gasteiger partial charge in [-0.1, -0.05) is 26.0 Å². The van der Waals surface area contributed by atoms with Crippen molar-refractivity contribution in [3.8, 4) is 5.75 Å². The molecule has 0 saturated heterocycles. The molecule has 0 atom stereocenters. The standard InChI is InChI=1S/C24H28N4O4/c1-3-13-31-18-9-7-17(8-10-18)16-25-23(29)6-5-12-27-24(30)20-15-21-19(11-14-32-21)28(20)22(4-2)26-27/h7-11,14-15H,3-6,12-13,16H2,1-2H3,(H,25,29). The number of ether oxygens (including phenoxy) is 1. The van der Waals surface area contributed by atoms with Gasteiger partial charge >= 0.3 is 0 Å². The molecule has 8 nitrogen and oxygen atoms in total. The van der Waals surface area contributed by atoms with E-state index in [0.29, 0.717) is 50.1 Å². The number of carbonyl (C=O) groups excluding carboxylic acids is 1. The van der Waals surface area contributed by atoms with E-state index in [1.165, 1.54) is 4.68 Å². The number of benzene rings is 1. The van der Waals surface area contributed by atoms with Gasteiger partial charge < -0.3 is 14.5 Å². The Morgan fingerprint density at radius 1 is 1.16 bits per heavy atom. The molecule has 0 bridgehead atoms. The molecule has 8 heteroatoms. The van der Waals surface area contributed by atoms with E-state index in [2.05, 4.69) is 17.3 Å². The van der Waals surface area contributed by atoms with Crippen LogP contribution in [0.25, 0.3) is 16.6 Å². The van der Waals surface area contributed by atoms with Crippen molar-refractivity contribution >= 4 is 22.5 Å². The van der Waals surface area contributed by atoms with E-state index in [-0.39, 0.29) is 11.5 Å². The predicted molar refractivity (Wildman–Crippen MR) is 122 cm³/mol. The van der Waals surface area contributed by atoms with Gasteiger partial charge in [0.2, 0.25) is 5.91 Å². The van der Waals surface area contributed by atoms with Gasteiger partial charge in [0.05, 0.1) is 18.4 Å². The van der Waals surface area contributed by atoms with E-state index in [1.54, 1.807) is 12.3 Å². The Morgan fingerprint density at radius 2 is 1.97 bits per heavy atom. The summed E-state index contributed by atoms with van der Waals surface area (Å²) in [6.07, 6.45) is 4.09. The Kier molecular flexibility index (Phi) is 6.58. The SMILES string of the molecule is CCCOc1ccc(CNC(=O)CCCn2nc(CC)n3c(cc4occc43)c2=O)cc1. The summed E-state index contributed by atoms with van der Waals surface area (Å²) in [6.45, 7) is 5.60. The summed E-state index contributed by atoms with van der Waals surface area (Å²) in [5.74, 6) is 1.56. The summed E-state index contributed by atoms with van der Waals surface area (Å²) in [5, 5.41) is 7.45. The molecule has 0 saturated carbocycles. The van der Waals surface area contributed by atoms with E-state index < -0.39 is 0 Å². The first-order valence-corrected chi connectivity index (χ1v) is 11.1. The lowest BCUT2D eigenvalue weighted by Gasteiger charge is -2.10. The normalized spacial score (nSPS) is 11.3. The molecule has 32 heavy (non-hydrogen) atoms. The largest absolute Gasteiger partial charge is 0.494 e. The summed E-state index contributed by atoms with van der Waals surface area (Å²) >= 11 is 0. The van der Waals surface area contributed by atoms with Crippen LogP contribution in [-0.2, 0) is 24.3 Å². The Hall–Kier alpha value is -3.55. The monoisotopic (exact) mass is 436 g/mol. The average molecular weight is 437 g/mol. The first-order valence-electron chi connectivity index (χ1n) is 11.1. The number of furan rings is 1. The molecular formula is C24H28N4O4. The van der Waals surface area contributed by atoms with Gasteiger partial charge in [-0.05, 0) is 30.5 Å². The van der Waals surface area contributed by atoms with E-state index in [4.69, 9.17) is 9.15 Å². The smallest absolute Gasteiger partial charge is 0.291 e. The number of nitrogens with zero attached hydrogens (tertiary/aromatic N) is 3. The lowest BCUT2D eigenvalue weighted by atomic mass is 10.2. The average Bonchev–Trinajstić information content (AvgIpc) is 3.40. The van der Waals surface area contributed by atoms with Gasteiger partial charge in [-0.25, -0.2) is 4.68 Å². The zero-order valence-electron chi connectivity index (χ0n) is 18.5. The molecule has 1 N–H and O–H groups in total. The molecule has 0 unspecified atom stereocenters. The molecule has 0 spiro atoms. The number of aromatic nitrogens is 3. The Bertz CT molecular complexity index is 1270. The summed E-state index contributed by atoms with van der Waals surface area (Å²) < 4.78 is 14.3. The minimum absolute atomic E-state index is 0.0543. The number of rotatable bonds is 10. The van der Waals surface area contributed by atoms with Crippen LogP contribution in [0.2, 0.25) is 0 Å². The van der Waals surface area contributed by atoms with Crippen LogP contribution in [0.5, 0.6) is 5.75 Å². The fourth-order valence-corrected chi connectivity index (χ4v) is 3.70. The van der Waals surface area contributed by atoms with E-state index in [9.17, 15) is 9.59 Å². The first-order chi connectivity index (χ1) is 15.6. The summed E-state index contributed by atoms with van der Waals surface area (Å²) in [6, 6.07) is 11.3. The quantitative estimate of drug-likeness (QED) is 0.409. The molecule has 0 radical (unpaired) electrons. The van der Waals surface area contributed by atoms with Crippen molar-refractivity contribution in [2.75, 3.05) is 6.61 Å². The highest BCUT2D eigenvalue weighted by Crippen LogP contribution is 2.20. The maximum atomic E-state index is 12.9. The van der Waals surface area contributed by atoms with Crippen molar-refractivity contribution < 1.29 is 13.9 Å². The van der Waals surface area contributed by atoms with Crippen molar-refractivity contribution in [3.63, 3.8) is 0 Å². The molecule has 3 heterocycles.